The molecule has 20 heteroatoms. The second-order valence-electron chi connectivity index (χ2n) is 14.9. The second kappa shape index (κ2) is 29.4. The third-order valence-corrected chi connectivity index (χ3v) is 9.79. The van der Waals surface area contributed by atoms with Gasteiger partial charge in [0.1, 0.15) is 35.8 Å². The third kappa shape index (κ3) is 21.2. The van der Waals surface area contributed by atoms with Crippen LogP contribution < -0.4 is 30.6 Å². The number of phenols is 2. The van der Waals surface area contributed by atoms with Crippen LogP contribution in [0.15, 0.2) is 66.7 Å². The lowest BCUT2D eigenvalue weighted by Gasteiger charge is -2.19. The van der Waals surface area contributed by atoms with Crippen molar-refractivity contribution < 1.29 is 66.3 Å². The van der Waals surface area contributed by atoms with E-state index in [4.69, 9.17) is 24.7 Å². The van der Waals surface area contributed by atoms with Gasteiger partial charge < -0.3 is 45.0 Å². The number of ether oxygens (including phenoxy) is 4. The predicted octanol–water partition coefficient (Wildman–Crippen LogP) is 8.74. The van der Waals surface area contributed by atoms with Crippen molar-refractivity contribution in [3.63, 3.8) is 0 Å². The number of esters is 2. The van der Waals surface area contributed by atoms with Gasteiger partial charge in [0, 0.05) is 48.4 Å². The first kappa shape index (κ1) is 56.0. The van der Waals surface area contributed by atoms with Crippen LogP contribution in [0.25, 0.3) is 10.8 Å². The molecule has 366 valence electrons. The number of nitrogens with zero attached hydrogens (tertiary/aromatic N) is 1. The van der Waals surface area contributed by atoms with Gasteiger partial charge in [-0.25, -0.2) is 18.0 Å². The van der Waals surface area contributed by atoms with Gasteiger partial charge in [0.15, 0.2) is 0 Å². The molecule has 0 aromatic heterocycles. The molecule has 67 heavy (non-hydrogen) atoms. The molecule has 0 spiro atoms. The Morgan fingerprint density at radius 2 is 1.42 bits per heavy atom. The molecule has 0 aliphatic rings. The third-order valence-electron chi connectivity index (χ3n) is 9.18. The lowest BCUT2D eigenvalue weighted by molar-refractivity contribution is -0.144. The smallest absolute Gasteiger partial charge is 0.415 e. The number of hydrogen-bond acceptors (Lipinski definition) is 15. The summed E-state index contributed by atoms with van der Waals surface area (Å²) >= 11 is 0. The van der Waals surface area contributed by atoms with E-state index in [-0.39, 0.29) is 81.8 Å². The number of nitrogens with two attached hydrogens (primary N) is 1. The summed E-state index contributed by atoms with van der Waals surface area (Å²) < 4.78 is 45.9. The predicted molar refractivity (Wildman–Crippen MR) is 256 cm³/mol. The number of likely N-dealkylation sites (N-methyl/N-ethyl adjacent to an activating group) is 1. The van der Waals surface area contributed by atoms with Gasteiger partial charge in [-0.15, -0.1) is 0 Å². The first-order valence-electron chi connectivity index (χ1n) is 21.7. The molecule has 4 rings (SSSR count). The standard InChI is InChI=1S/C34H46N4O8S.C11H13NO5.C2H4O/c1-4-5-6-7-8-9-10-11-12-13-20-45-30(39)23-38(2)34(42)46-29-22-28(32(40)26-18-15-19-27(35)31(26)29)36-33(41)24-16-14-17-25(21-24)37-47(3,43)44;1-3-16-11(15)12-9-6-8(17-7(2)13)4-5-10(9)14;1-2-3/h14-19,21-22,37,40H,4-13,20,23,35H2,1-3H3,(H,36,41);4-6,14H,3H2,1-2H3,(H,12,15);2H,1H3. The molecule has 0 unspecified atom stereocenters. The van der Waals surface area contributed by atoms with Crippen LogP contribution in [0.3, 0.4) is 0 Å². The van der Waals surface area contributed by atoms with E-state index in [9.17, 15) is 42.6 Å². The maximum absolute atomic E-state index is 13.1. The molecule has 0 radical (unpaired) electrons. The lowest BCUT2D eigenvalue weighted by atomic mass is 10.0. The Labute approximate surface area is 391 Å². The van der Waals surface area contributed by atoms with E-state index in [0.717, 1.165) is 36.7 Å². The number of nitrogen functional groups attached to an aromatic ring is 1. The van der Waals surface area contributed by atoms with Gasteiger partial charge in [0.05, 0.1) is 36.2 Å². The average Bonchev–Trinajstić information content (AvgIpc) is 3.25. The maximum atomic E-state index is 13.1. The Morgan fingerprint density at radius 1 is 0.791 bits per heavy atom. The van der Waals surface area contributed by atoms with Crippen LogP contribution in [-0.4, -0.2) is 92.9 Å². The van der Waals surface area contributed by atoms with Crippen LogP contribution >= 0.6 is 0 Å². The van der Waals surface area contributed by atoms with E-state index in [1.54, 1.807) is 25.1 Å². The van der Waals surface area contributed by atoms with Crippen LogP contribution in [0.4, 0.5) is 32.3 Å². The van der Waals surface area contributed by atoms with Gasteiger partial charge in [-0.05, 0) is 56.7 Å². The highest BCUT2D eigenvalue weighted by Crippen LogP contribution is 2.42. The van der Waals surface area contributed by atoms with Crippen LogP contribution in [-0.2, 0) is 33.9 Å². The Bertz CT molecular complexity index is 2390. The van der Waals surface area contributed by atoms with Crippen molar-refractivity contribution in [1.29, 1.82) is 0 Å². The lowest BCUT2D eigenvalue weighted by Crippen LogP contribution is -2.35. The Hall–Kier alpha value is -7.09. The molecule has 19 nitrogen and oxygen atoms in total. The summed E-state index contributed by atoms with van der Waals surface area (Å²) in [6.45, 7) is 6.72. The highest BCUT2D eigenvalue weighted by Gasteiger charge is 2.22. The summed E-state index contributed by atoms with van der Waals surface area (Å²) in [5.74, 6) is -2.03. The van der Waals surface area contributed by atoms with Crippen LogP contribution in [0, 0.1) is 0 Å². The number of fused-ring (bicyclic) bond motifs is 1. The van der Waals surface area contributed by atoms with Gasteiger partial charge in [0.2, 0.25) is 10.0 Å². The van der Waals surface area contributed by atoms with Crippen LogP contribution in [0.1, 0.15) is 102 Å². The molecule has 0 saturated heterocycles. The number of aldehydes is 1. The molecule has 0 atom stereocenters. The first-order valence-corrected chi connectivity index (χ1v) is 23.6. The Morgan fingerprint density at radius 3 is 2.03 bits per heavy atom. The summed E-state index contributed by atoms with van der Waals surface area (Å²) in [7, 11) is -2.19. The molecular formula is C47H63N5O14S. The van der Waals surface area contributed by atoms with E-state index in [0.29, 0.717) is 0 Å². The molecule has 0 aliphatic carbocycles. The molecule has 3 amide bonds. The average molecular weight is 954 g/mol. The van der Waals surface area contributed by atoms with E-state index in [1.807, 2.05) is 0 Å². The largest absolute Gasteiger partial charge is 0.506 e. The van der Waals surface area contributed by atoms with Crippen molar-refractivity contribution in [2.75, 3.05) is 54.2 Å². The zero-order chi connectivity index (χ0) is 49.9. The summed E-state index contributed by atoms with van der Waals surface area (Å²) in [4.78, 5) is 70.2. The van der Waals surface area contributed by atoms with E-state index < -0.39 is 40.1 Å². The van der Waals surface area contributed by atoms with E-state index >= 15 is 0 Å². The number of nitrogens with one attached hydrogen (secondary N) is 3. The number of carbonyl (C=O) groups is 6. The van der Waals surface area contributed by atoms with E-state index in [2.05, 4.69) is 27.0 Å². The van der Waals surface area contributed by atoms with Crippen molar-refractivity contribution in [3.8, 4) is 23.0 Å². The minimum atomic E-state index is -3.57. The van der Waals surface area contributed by atoms with Crippen molar-refractivity contribution in [1.82, 2.24) is 4.90 Å². The number of phenolic OH excluding ortho intramolecular Hbond substituents is 2. The number of benzene rings is 4. The molecule has 4 aromatic rings. The second-order valence-corrected chi connectivity index (χ2v) is 16.7. The summed E-state index contributed by atoms with van der Waals surface area (Å²) in [6.07, 6.45) is 11.8. The zero-order valence-electron chi connectivity index (χ0n) is 38.8. The normalized spacial score (nSPS) is 10.5. The Balaban J connectivity index is 0.000000639. The summed E-state index contributed by atoms with van der Waals surface area (Å²) in [5, 5.41) is 25.8. The number of carbonyl (C=O) groups excluding carboxylic acids is 6. The molecule has 0 saturated carbocycles. The van der Waals surface area contributed by atoms with Crippen LogP contribution in [0.5, 0.6) is 23.0 Å². The zero-order valence-corrected chi connectivity index (χ0v) is 39.7. The maximum Gasteiger partial charge on any atom is 0.415 e. The first-order chi connectivity index (χ1) is 31.8. The highest BCUT2D eigenvalue weighted by atomic mass is 32.2. The summed E-state index contributed by atoms with van der Waals surface area (Å²) in [6, 6.07) is 15.8. The van der Waals surface area contributed by atoms with E-state index in [1.165, 1.54) is 114 Å². The number of anilines is 4. The fourth-order valence-electron chi connectivity index (χ4n) is 6.14. The van der Waals surface area contributed by atoms with Crippen molar-refractivity contribution in [2.24, 2.45) is 0 Å². The number of sulfonamides is 1. The summed E-state index contributed by atoms with van der Waals surface area (Å²) in [5.41, 5.74) is 6.67. The minimum absolute atomic E-state index is 0.0609. The van der Waals surface area contributed by atoms with Crippen molar-refractivity contribution in [3.05, 3.63) is 72.3 Å². The van der Waals surface area contributed by atoms with Gasteiger partial charge in [-0.2, -0.15) is 0 Å². The molecule has 0 fully saturated rings. The fourth-order valence-corrected chi connectivity index (χ4v) is 6.70. The minimum Gasteiger partial charge on any atom is -0.506 e. The van der Waals surface area contributed by atoms with Gasteiger partial charge in [-0.1, -0.05) is 82.9 Å². The quantitative estimate of drug-likeness (QED) is 0.0114. The number of hydrogen-bond donors (Lipinski definition) is 6. The molecule has 0 heterocycles. The molecule has 0 bridgehead atoms. The van der Waals surface area contributed by atoms with Gasteiger partial charge in [-0.3, -0.25) is 29.3 Å². The van der Waals surface area contributed by atoms with Gasteiger partial charge >= 0.3 is 24.1 Å². The number of unbranched alkanes of at least 4 members (excludes halogenated alkanes) is 9. The van der Waals surface area contributed by atoms with Crippen molar-refractivity contribution in [2.45, 2.75) is 91.9 Å². The monoisotopic (exact) mass is 953 g/mol. The van der Waals surface area contributed by atoms with Gasteiger partial charge in [0.25, 0.3) is 5.91 Å². The molecule has 7 N–H and O–H groups in total. The number of amides is 3. The van der Waals surface area contributed by atoms with Crippen LogP contribution in [0.2, 0.25) is 0 Å². The van der Waals surface area contributed by atoms with Crippen molar-refractivity contribution >= 4 is 79.9 Å². The highest BCUT2D eigenvalue weighted by molar-refractivity contribution is 7.92. The Kier molecular flexibility index (Phi) is 24.6. The topological polar surface area (TPSA) is 279 Å². The molecule has 0 aliphatic heterocycles. The number of rotatable bonds is 21. The molecular weight excluding hydrogens is 891 g/mol. The number of aromatic hydroxyl groups is 2. The molecule has 4 aromatic carbocycles. The fraction of sp³-hybridized carbons (Fsp3) is 0.404. The SMILES string of the molecule is CC=O.CCCCCCCCCCCCOC(=O)CN(C)C(=O)Oc1cc(NC(=O)c2cccc(NS(C)(=O)=O)c2)c(O)c2cccc(N)c12.CCOC(=O)Nc1cc(OC(C)=O)ccc1O.